The summed E-state index contributed by atoms with van der Waals surface area (Å²) in [6.45, 7) is 14.4. The van der Waals surface area contributed by atoms with Crippen molar-refractivity contribution in [1.29, 1.82) is 0 Å². The van der Waals surface area contributed by atoms with Crippen molar-refractivity contribution >= 4 is 21.8 Å². The van der Waals surface area contributed by atoms with Gasteiger partial charge in [0.1, 0.15) is 0 Å². The van der Waals surface area contributed by atoms with E-state index in [2.05, 4.69) is 192 Å². The van der Waals surface area contributed by atoms with E-state index >= 15 is 0 Å². The van der Waals surface area contributed by atoms with Crippen LogP contribution in [0.3, 0.4) is 0 Å². The first-order chi connectivity index (χ1) is 25.7. The maximum atomic E-state index is 2.54. The summed E-state index contributed by atoms with van der Waals surface area (Å²) in [5, 5.41) is 2.62. The molecule has 1 unspecified atom stereocenters. The van der Waals surface area contributed by atoms with Gasteiger partial charge in [-0.1, -0.05) is 169 Å². The molecular weight excluding hydrogens is 639 g/mol. The summed E-state index contributed by atoms with van der Waals surface area (Å²) >= 11 is 0. The Morgan fingerprint density at radius 2 is 1.08 bits per heavy atom. The van der Waals surface area contributed by atoms with Gasteiger partial charge in [0.05, 0.1) is 22.1 Å². The molecule has 1 aliphatic heterocycles. The zero-order valence-electron chi connectivity index (χ0n) is 31.4. The lowest BCUT2D eigenvalue weighted by Gasteiger charge is -2.50. The predicted molar refractivity (Wildman–Crippen MR) is 222 cm³/mol. The third kappa shape index (κ3) is 3.63. The summed E-state index contributed by atoms with van der Waals surface area (Å²) in [7, 11) is 0. The first-order valence-electron chi connectivity index (χ1n) is 19.3. The molecular formula is C52H43N. The molecule has 0 radical (unpaired) electrons. The summed E-state index contributed by atoms with van der Waals surface area (Å²) in [6, 6.07) is 56.0. The summed E-state index contributed by atoms with van der Waals surface area (Å²) < 4.78 is 2.54. The van der Waals surface area contributed by atoms with E-state index in [1.165, 1.54) is 99.8 Å². The molecule has 0 N–H and O–H groups in total. The fourth-order valence-corrected chi connectivity index (χ4v) is 11.3. The smallest absolute Gasteiger partial charge is 0.0748 e. The van der Waals surface area contributed by atoms with Crippen LogP contribution in [0.4, 0.5) is 0 Å². The molecule has 0 bridgehead atoms. The highest BCUT2D eigenvalue weighted by Crippen LogP contribution is 2.62. The van der Waals surface area contributed by atoms with E-state index in [0.29, 0.717) is 5.92 Å². The Morgan fingerprint density at radius 3 is 1.91 bits per heavy atom. The van der Waals surface area contributed by atoms with Crippen molar-refractivity contribution in [3.05, 3.63) is 196 Å². The van der Waals surface area contributed by atoms with E-state index in [0.717, 1.165) is 0 Å². The van der Waals surface area contributed by atoms with Gasteiger partial charge in [-0.2, -0.15) is 0 Å². The van der Waals surface area contributed by atoms with Gasteiger partial charge in [0.15, 0.2) is 0 Å². The average Bonchev–Trinajstić information content (AvgIpc) is 3.64. The molecule has 1 atom stereocenters. The fourth-order valence-electron chi connectivity index (χ4n) is 11.3. The highest BCUT2D eigenvalue weighted by atomic mass is 15.0. The van der Waals surface area contributed by atoms with Crippen molar-refractivity contribution in [3.8, 4) is 27.9 Å². The number of hydrogen-bond donors (Lipinski definition) is 0. The fraction of sp³-hybridized carbons (Fsp3) is 0.192. The molecule has 8 aromatic rings. The van der Waals surface area contributed by atoms with Crippen LogP contribution in [-0.4, -0.2) is 4.57 Å². The SMILES string of the molecule is CC(C)c1cccc2c1C(C)(C)c1ccc(-c3cccc4c3C(C)(C)c3ccccc3C43c4ccccc4-n4c5ccccc5c5cccc3c54)cc1-2. The first kappa shape index (κ1) is 30.9. The van der Waals surface area contributed by atoms with Crippen molar-refractivity contribution in [2.75, 3.05) is 0 Å². The van der Waals surface area contributed by atoms with Gasteiger partial charge in [-0.15, -0.1) is 0 Å². The second-order valence-corrected chi connectivity index (χ2v) is 17.0. The summed E-state index contributed by atoms with van der Waals surface area (Å²) in [4.78, 5) is 0. The van der Waals surface area contributed by atoms with Crippen molar-refractivity contribution < 1.29 is 0 Å². The Labute approximate surface area is 312 Å². The molecule has 256 valence electrons. The average molecular weight is 682 g/mol. The van der Waals surface area contributed by atoms with Gasteiger partial charge in [0.2, 0.25) is 0 Å². The molecule has 3 aliphatic rings. The third-order valence-electron chi connectivity index (χ3n) is 13.4. The van der Waals surface area contributed by atoms with Crippen LogP contribution >= 0.6 is 0 Å². The van der Waals surface area contributed by atoms with E-state index in [4.69, 9.17) is 0 Å². The number of nitrogens with zero attached hydrogens (tertiary/aromatic N) is 1. The van der Waals surface area contributed by atoms with Gasteiger partial charge in [-0.25, -0.2) is 0 Å². The molecule has 0 fully saturated rings. The van der Waals surface area contributed by atoms with Crippen LogP contribution in [0.2, 0.25) is 0 Å². The molecule has 0 saturated heterocycles. The minimum Gasteiger partial charge on any atom is -0.309 e. The lowest BCUT2D eigenvalue weighted by Crippen LogP contribution is -2.44. The van der Waals surface area contributed by atoms with Crippen molar-refractivity contribution in [1.82, 2.24) is 4.57 Å². The Balaban J connectivity index is 1.27. The van der Waals surface area contributed by atoms with Crippen molar-refractivity contribution in [3.63, 3.8) is 0 Å². The number of rotatable bonds is 2. The predicted octanol–water partition coefficient (Wildman–Crippen LogP) is 13.2. The van der Waals surface area contributed by atoms with E-state index < -0.39 is 5.41 Å². The molecule has 2 aliphatic carbocycles. The molecule has 1 nitrogen and oxygen atoms in total. The second kappa shape index (κ2) is 10.3. The highest BCUT2D eigenvalue weighted by molar-refractivity contribution is 6.12. The van der Waals surface area contributed by atoms with Gasteiger partial charge in [-0.05, 0) is 96.4 Å². The monoisotopic (exact) mass is 681 g/mol. The van der Waals surface area contributed by atoms with Crippen LogP contribution in [0.25, 0.3) is 49.7 Å². The van der Waals surface area contributed by atoms with Crippen LogP contribution in [0, 0.1) is 0 Å². The number of para-hydroxylation sites is 3. The molecule has 0 saturated carbocycles. The second-order valence-electron chi connectivity index (χ2n) is 17.0. The molecule has 11 rings (SSSR count). The van der Waals surface area contributed by atoms with Gasteiger partial charge in [0.25, 0.3) is 0 Å². The lowest BCUT2D eigenvalue weighted by atomic mass is 9.52. The molecule has 0 amide bonds. The lowest BCUT2D eigenvalue weighted by molar-refractivity contribution is 0.558. The van der Waals surface area contributed by atoms with E-state index in [9.17, 15) is 0 Å². The number of fused-ring (bicyclic) bond motifs is 14. The van der Waals surface area contributed by atoms with E-state index in [1.807, 2.05) is 0 Å². The maximum Gasteiger partial charge on any atom is 0.0748 e. The van der Waals surface area contributed by atoms with Gasteiger partial charge in [0, 0.05) is 21.6 Å². The summed E-state index contributed by atoms with van der Waals surface area (Å²) in [6.07, 6.45) is 0. The summed E-state index contributed by atoms with van der Waals surface area (Å²) in [5.74, 6) is 0.470. The van der Waals surface area contributed by atoms with Crippen LogP contribution < -0.4 is 0 Å². The number of aromatic nitrogens is 1. The summed E-state index contributed by atoms with van der Waals surface area (Å²) in [5.41, 5.74) is 21.1. The van der Waals surface area contributed by atoms with Gasteiger partial charge in [-0.3, -0.25) is 0 Å². The van der Waals surface area contributed by atoms with E-state index in [-0.39, 0.29) is 10.8 Å². The molecule has 1 spiro atoms. The minimum absolute atomic E-state index is 0.0502. The zero-order chi connectivity index (χ0) is 36.0. The molecule has 1 aromatic heterocycles. The van der Waals surface area contributed by atoms with Gasteiger partial charge >= 0.3 is 0 Å². The maximum absolute atomic E-state index is 2.54. The minimum atomic E-state index is -0.505. The number of benzene rings is 7. The number of hydrogen-bond acceptors (Lipinski definition) is 0. The zero-order valence-corrected chi connectivity index (χ0v) is 31.4. The molecule has 53 heavy (non-hydrogen) atoms. The molecule has 7 aromatic carbocycles. The quantitative estimate of drug-likeness (QED) is 0.171. The Hall–Kier alpha value is -5.66. The Morgan fingerprint density at radius 1 is 0.453 bits per heavy atom. The topological polar surface area (TPSA) is 4.93 Å². The molecule has 1 heteroatoms. The first-order valence-corrected chi connectivity index (χ1v) is 19.3. The van der Waals surface area contributed by atoms with Crippen LogP contribution in [0.5, 0.6) is 0 Å². The van der Waals surface area contributed by atoms with E-state index in [1.54, 1.807) is 0 Å². The van der Waals surface area contributed by atoms with Crippen LogP contribution in [0.15, 0.2) is 146 Å². The standard InChI is InChI=1S/C52H43N/c1-31(2)33-17-13-19-36-38-30-32(28-29-39(38)50(3,4)47(33)36)34-18-14-24-43-48(34)51(5,6)40-21-8-9-22-41(40)52(43)42-23-10-12-27-46(42)53-45-26-11-7-16-35(45)37-20-15-25-44(52)49(37)53/h7-31H,1-6H3. The van der Waals surface area contributed by atoms with Gasteiger partial charge < -0.3 is 4.57 Å². The Kier molecular flexibility index (Phi) is 5.99. The highest BCUT2D eigenvalue weighted by Gasteiger charge is 2.53. The van der Waals surface area contributed by atoms with Crippen molar-refractivity contribution in [2.45, 2.75) is 63.7 Å². The molecule has 2 heterocycles. The van der Waals surface area contributed by atoms with Crippen LogP contribution in [-0.2, 0) is 16.2 Å². The largest absolute Gasteiger partial charge is 0.309 e. The third-order valence-corrected chi connectivity index (χ3v) is 13.4. The van der Waals surface area contributed by atoms with Crippen molar-refractivity contribution in [2.24, 2.45) is 0 Å². The Bertz CT molecular complexity index is 2870. The van der Waals surface area contributed by atoms with Crippen LogP contribution in [0.1, 0.15) is 97.5 Å². The normalized spacial score (nSPS) is 18.2.